The molecule has 29 rings (SSSR count). The van der Waals surface area contributed by atoms with Gasteiger partial charge in [0.25, 0.3) is 0 Å². The van der Waals surface area contributed by atoms with E-state index in [0.29, 0.717) is 0 Å². The van der Waals surface area contributed by atoms with Crippen molar-refractivity contribution in [2.45, 2.75) is 57.8 Å². The molecule has 0 aliphatic heterocycles. The highest BCUT2D eigenvalue weighted by Crippen LogP contribution is 2.58. The molecule has 8 heterocycles. The molecule has 3 aliphatic carbocycles. The third kappa shape index (κ3) is 14.8. The lowest BCUT2D eigenvalue weighted by Crippen LogP contribution is -2.16. The molecule has 26 aromatic rings. The van der Waals surface area contributed by atoms with Gasteiger partial charge in [0.15, 0.2) is 0 Å². The van der Waals surface area contributed by atoms with E-state index in [1.165, 1.54) is 127 Å². The number of hydrogen-bond acceptors (Lipinski definition) is 8. The van der Waals surface area contributed by atoms with E-state index in [-0.39, 0.29) is 16.2 Å². The van der Waals surface area contributed by atoms with Gasteiger partial charge in [-0.05, 0) is 238 Å². The van der Waals surface area contributed by atoms with Crippen molar-refractivity contribution in [3.63, 3.8) is 0 Å². The molecule has 0 spiro atoms. The zero-order chi connectivity index (χ0) is 99.0. The molecule has 0 atom stereocenters. The fraction of sp³-hybridized carbons (Fsp3) is 0.0647. The number of benzene rings is 18. The second-order valence-corrected chi connectivity index (χ2v) is 40.7. The minimum absolute atomic E-state index is 0.167. The van der Waals surface area contributed by atoms with Crippen molar-refractivity contribution in [3.8, 4) is 162 Å². The number of para-hydroxylation sites is 6. The van der Waals surface area contributed by atoms with Gasteiger partial charge in [-0.15, -0.1) is 0 Å². The summed E-state index contributed by atoms with van der Waals surface area (Å²) in [6.45, 7) is 14.0. The van der Waals surface area contributed by atoms with Gasteiger partial charge in [0, 0.05) is 105 Å². The molecule has 0 saturated carbocycles. The zero-order valence-electron chi connectivity index (χ0n) is 82.6. The molecule has 698 valence electrons. The standard InChI is InChI=1S/C54H37N3.C43H31N3.C42H29N3/c1-54(2)45-25-11-9-23-42(45)52-50(54)49(43-24-10-12-26-48(43)57-52)39-22-14-20-37(32-39)36-19-13-21-38(31-36)44-33-40-27-29-46(34-15-5-3-6-16-34)55-51(40)53-41(44)28-30-47(56-53)35-17-7-4-8-18-35;1-43(2)35-19-8-6-17-33(35)41-40(43)39(34-18-7-9-20-36(34)44-41)31-14-12-13-30(27-31)28-23-25-29(26-24-28)42-45-37-21-10-11-22-38(37)46(42)32-15-4-3-5-16-32;1-42(2)35-19-5-3-16-32(35)40-38(42)37(33-17-4-6-20-36(33)45-40)29-14-8-12-27(24-29)26-11-7-13-28(23-26)34-25-30-15-9-21-43-39(30)41-31(34)18-10-22-44-41/h3-33H,1-2H3;3-27H,1-2H3;3-25H,1-2H3. The predicted molar refractivity (Wildman–Crippen MR) is 614 cm³/mol. The first-order valence-corrected chi connectivity index (χ1v) is 50.9. The molecule has 9 heteroatoms. The molecule has 0 N–H and O–H groups in total. The molecule has 0 bridgehead atoms. The molecule has 0 amide bonds. The summed E-state index contributed by atoms with van der Waals surface area (Å²) in [4.78, 5) is 40.8. The molecule has 9 nitrogen and oxygen atoms in total. The van der Waals surface area contributed by atoms with Gasteiger partial charge in [0.1, 0.15) is 5.82 Å². The van der Waals surface area contributed by atoms with Crippen LogP contribution in [-0.2, 0) is 16.2 Å². The van der Waals surface area contributed by atoms with Crippen molar-refractivity contribution in [1.82, 2.24) is 44.4 Å². The van der Waals surface area contributed by atoms with E-state index in [9.17, 15) is 0 Å². The molecule has 0 fully saturated rings. The summed E-state index contributed by atoms with van der Waals surface area (Å²) < 4.78 is 2.25. The van der Waals surface area contributed by atoms with Crippen LogP contribution < -0.4 is 0 Å². The van der Waals surface area contributed by atoms with Crippen LogP contribution in [0.3, 0.4) is 0 Å². The summed E-state index contributed by atoms with van der Waals surface area (Å²) in [5, 5.41) is 7.89. The monoisotopic (exact) mass is 1890 g/mol. The van der Waals surface area contributed by atoms with E-state index in [4.69, 9.17) is 34.9 Å². The summed E-state index contributed by atoms with van der Waals surface area (Å²) in [7, 11) is 0. The summed E-state index contributed by atoms with van der Waals surface area (Å²) in [6.07, 6.45) is 3.69. The Labute approximate surface area is 858 Å². The van der Waals surface area contributed by atoms with Crippen molar-refractivity contribution >= 4 is 87.4 Å². The van der Waals surface area contributed by atoms with E-state index >= 15 is 0 Å². The highest BCUT2D eigenvalue weighted by atomic mass is 15.1. The number of aromatic nitrogens is 9. The summed E-state index contributed by atoms with van der Waals surface area (Å²) >= 11 is 0. The summed E-state index contributed by atoms with van der Waals surface area (Å²) in [5.41, 5.74) is 48.5. The quantitative estimate of drug-likeness (QED) is 0.111. The minimum Gasteiger partial charge on any atom is -0.292 e. The summed E-state index contributed by atoms with van der Waals surface area (Å²) in [5.74, 6) is 0.938. The van der Waals surface area contributed by atoms with Crippen LogP contribution in [0.1, 0.15) is 74.9 Å². The van der Waals surface area contributed by atoms with E-state index in [2.05, 4.69) is 482 Å². The third-order valence-electron chi connectivity index (χ3n) is 30.9. The lowest BCUT2D eigenvalue weighted by atomic mass is 9.78. The number of nitrogens with zero attached hydrogens (tertiary/aromatic N) is 9. The summed E-state index contributed by atoms with van der Waals surface area (Å²) in [6, 6.07) is 167. The average Bonchev–Trinajstić information content (AvgIpc) is 1.55. The van der Waals surface area contributed by atoms with Gasteiger partial charge in [-0.3, -0.25) is 14.5 Å². The Hall–Kier alpha value is -18.7. The van der Waals surface area contributed by atoms with Crippen molar-refractivity contribution in [3.05, 3.63) is 513 Å². The van der Waals surface area contributed by atoms with Gasteiger partial charge in [0.05, 0.1) is 78.1 Å². The Kier molecular flexibility index (Phi) is 21.1. The Bertz CT molecular complexity index is 9890. The van der Waals surface area contributed by atoms with Crippen molar-refractivity contribution in [2.75, 3.05) is 0 Å². The van der Waals surface area contributed by atoms with Crippen LogP contribution in [0.5, 0.6) is 0 Å². The van der Waals surface area contributed by atoms with Crippen LogP contribution >= 0.6 is 0 Å². The van der Waals surface area contributed by atoms with Gasteiger partial charge < -0.3 is 0 Å². The molecule has 18 aromatic carbocycles. The molecule has 0 saturated heterocycles. The first-order chi connectivity index (χ1) is 72.7. The third-order valence-corrected chi connectivity index (χ3v) is 30.9. The highest BCUT2D eigenvalue weighted by Gasteiger charge is 2.43. The first-order valence-electron chi connectivity index (χ1n) is 50.9. The topological polar surface area (TPSA) is 108 Å². The van der Waals surface area contributed by atoms with Crippen molar-refractivity contribution in [2.24, 2.45) is 0 Å². The molecule has 148 heavy (non-hydrogen) atoms. The Balaban J connectivity index is 0.000000111. The van der Waals surface area contributed by atoms with Crippen LogP contribution in [0, 0.1) is 0 Å². The highest BCUT2D eigenvalue weighted by molar-refractivity contribution is 6.14. The minimum atomic E-state index is -0.198. The van der Waals surface area contributed by atoms with Crippen molar-refractivity contribution < 1.29 is 0 Å². The Morgan fingerprint density at radius 3 is 1.01 bits per heavy atom. The van der Waals surface area contributed by atoms with Gasteiger partial charge in [0.2, 0.25) is 0 Å². The van der Waals surface area contributed by atoms with E-state index < -0.39 is 0 Å². The lowest BCUT2D eigenvalue weighted by molar-refractivity contribution is 0.661. The van der Waals surface area contributed by atoms with Gasteiger partial charge in [-0.25, -0.2) is 29.9 Å². The Morgan fingerprint density at radius 2 is 0.534 bits per heavy atom. The normalized spacial score (nSPS) is 13.1. The Morgan fingerprint density at radius 1 is 0.196 bits per heavy atom. The molecular formula is C139H97N9. The van der Waals surface area contributed by atoms with Crippen LogP contribution in [0.2, 0.25) is 0 Å². The maximum atomic E-state index is 5.33. The first kappa shape index (κ1) is 88.2. The van der Waals surface area contributed by atoms with Crippen LogP contribution in [0.15, 0.2) is 480 Å². The predicted octanol–water partition coefficient (Wildman–Crippen LogP) is 35.5. The second kappa shape index (κ2) is 35.4. The number of rotatable bonds is 12. The van der Waals surface area contributed by atoms with Crippen LogP contribution in [0.4, 0.5) is 0 Å². The van der Waals surface area contributed by atoms with E-state index in [1.807, 2.05) is 48.8 Å². The van der Waals surface area contributed by atoms with Gasteiger partial charge in [-0.1, -0.05) is 393 Å². The zero-order valence-corrected chi connectivity index (χ0v) is 82.6. The average molecular weight is 1890 g/mol. The number of hydrogen-bond donors (Lipinski definition) is 0. The van der Waals surface area contributed by atoms with Crippen LogP contribution in [-0.4, -0.2) is 44.4 Å². The largest absolute Gasteiger partial charge is 0.292 e. The van der Waals surface area contributed by atoms with Gasteiger partial charge >= 0.3 is 0 Å². The molecular weight excluding hydrogens is 1800 g/mol. The lowest BCUT2D eigenvalue weighted by Gasteiger charge is -2.25. The van der Waals surface area contributed by atoms with Crippen molar-refractivity contribution in [1.29, 1.82) is 0 Å². The smallest absolute Gasteiger partial charge is 0.145 e. The number of pyridine rings is 7. The molecule has 3 aliphatic rings. The van der Waals surface area contributed by atoms with E-state index in [1.54, 1.807) is 0 Å². The fourth-order valence-corrected chi connectivity index (χ4v) is 23.9. The number of imidazole rings is 1. The molecule has 8 aromatic heterocycles. The maximum Gasteiger partial charge on any atom is 0.145 e. The van der Waals surface area contributed by atoms with Crippen LogP contribution in [0.25, 0.3) is 250 Å². The number of fused-ring (bicyclic) bond motifs is 19. The van der Waals surface area contributed by atoms with E-state index in [0.717, 1.165) is 156 Å². The van der Waals surface area contributed by atoms with Gasteiger partial charge in [-0.2, -0.15) is 0 Å². The maximum absolute atomic E-state index is 5.33. The molecule has 0 radical (unpaired) electrons. The SMILES string of the molecule is CC1(C)c2ccccc2-c2nc3ccccc3c(-c3cccc(-c4ccc(-c5nc6ccccc6n5-c5ccccc5)cc4)c3)c21.CC1(C)c2ccccc2-c2nc3ccccc3c(-c3cccc(-c4cccc(-c5cc6ccc(-c7ccccc7)nc6c6nc(-c7ccccc7)ccc56)c4)c3)c21.CC1(C)c2ccccc2-c2nc3ccccc3c(-c3cccc(-c4cccc(-c5cc6cccnc6c6ncccc56)c4)c3)c21. The second-order valence-electron chi connectivity index (χ2n) is 40.7. The fourth-order valence-electron chi connectivity index (χ4n) is 23.9. The molecule has 0 unspecified atom stereocenters.